The van der Waals surface area contributed by atoms with Crippen LogP contribution in [0, 0.1) is 12.8 Å². The fourth-order valence-corrected chi connectivity index (χ4v) is 3.33. The molecule has 0 unspecified atom stereocenters. The van der Waals surface area contributed by atoms with Crippen molar-refractivity contribution in [3.63, 3.8) is 0 Å². The summed E-state index contributed by atoms with van der Waals surface area (Å²) in [6.07, 6.45) is 8.87. The minimum absolute atomic E-state index is 0.265. The number of anilines is 1. The molecular formula is C20H29NO4. The first-order chi connectivity index (χ1) is 12.1. The molecule has 1 aromatic carbocycles. The number of carbonyl (C=O) groups excluding carboxylic acids is 2. The first-order valence-electron chi connectivity index (χ1n) is 9.18. The molecule has 25 heavy (non-hydrogen) atoms. The van der Waals surface area contributed by atoms with Gasteiger partial charge in [0.2, 0.25) is 0 Å². The summed E-state index contributed by atoms with van der Waals surface area (Å²) in [4.78, 5) is 23.8. The van der Waals surface area contributed by atoms with E-state index < -0.39 is 0 Å². The van der Waals surface area contributed by atoms with Crippen LogP contribution < -0.4 is 10.1 Å². The molecule has 5 nitrogen and oxygen atoms in total. The normalized spacial score (nSPS) is 14.8. The Labute approximate surface area is 150 Å². The molecular weight excluding hydrogens is 318 g/mol. The van der Waals surface area contributed by atoms with Gasteiger partial charge in [0.25, 0.3) is 5.91 Å². The minimum Gasteiger partial charge on any atom is -0.495 e. The van der Waals surface area contributed by atoms with Crippen LogP contribution in [0.15, 0.2) is 18.2 Å². The maximum atomic E-state index is 12.0. The van der Waals surface area contributed by atoms with Gasteiger partial charge in [-0.1, -0.05) is 38.2 Å². The molecule has 2 rings (SSSR count). The predicted molar refractivity (Wildman–Crippen MR) is 97.7 cm³/mol. The molecule has 0 saturated heterocycles. The van der Waals surface area contributed by atoms with Gasteiger partial charge in [-0.05, 0) is 43.4 Å². The summed E-state index contributed by atoms with van der Waals surface area (Å²) in [6, 6.07) is 5.52. The first-order valence-corrected chi connectivity index (χ1v) is 9.18. The van der Waals surface area contributed by atoms with Gasteiger partial charge in [-0.3, -0.25) is 9.59 Å². The van der Waals surface area contributed by atoms with Crippen LogP contribution in [0.3, 0.4) is 0 Å². The zero-order chi connectivity index (χ0) is 18.1. The molecule has 0 aliphatic heterocycles. The molecule has 1 saturated carbocycles. The molecule has 1 aliphatic carbocycles. The predicted octanol–water partition coefficient (Wildman–Crippen LogP) is 4.24. The average molecular weight is 347 g/mol. The van der Waals surface area contributed by atoms with Crippen LogP contribution in [0.4, 0.5) is 5.69 Å². The summed E-state index contributed by atoms with van der Waals surface area (Å²) in [5.41, 5.74) is 1.59. The molecule has 1 fully saturated rings. The summed E-state index contributed by atoms with van der Waals surface area (Å²) in [5, 5.41) is 2.72. The van der Waals surface area contributed by atoms with Gasteiger partial charge in [-0.15, -0.1) is 0 Å². The smallest absolute Gasteiger partial charge is 0.306 e. The Hall–Kier alpha value is -2.04. The van der Waals surface area contributed by atoms with Crippen LogP contribution in [-0.2, 0) is 14.3 Å². The van der Waals surface area contributed by atoms with E-state index in [9.17, 15) is 9.59 Å². The van der Waals surface area contributed by atoms with E-state index in [1.807, 2.05) is 19.1 Å². The second-order valence-electron chi connectivity index (χ2n) is 6.81. The molecule has 0 atom stereocenters. The largest absolute Gasteiger partial charge is 0.495 e. The number of rotatable bonds is 8. The SMILES string of the molecule is COc1ccc(C)cc1NC(=O)COC(=O)CCCC1CCCCC1. The van der Waals surface area contributed by atoms with Crippen molar-refractivity contribution >= 4 is 17.6 Å². The highest BCUT2D eigenvalue weighted by atomic mass is 16.5. The number of hydrogen-bond acceptors (Lipinski definition) is 4. The topological polar surface area (TPSA) is 64.6 Å². The van der Waals surface area contributed by atoms with Crippen molar-refractivity contribution in [2.75, 3.05) is 19.0 Å². The van der Waals surface area contributed by atoms with E-state index >= 15 is 0 Å². The number of methoxy groups -OCH3 is 1. The molecule has 5 heteroatoms. The summed E-state index contributed by atoms with van der Waals surface area (Å²) in [5.74, 6) is 0.683. The minimum atomic E-state index is -0.357. The van der Waals surface area contributed by atoms with Gasteiger partial charge >= 0.3 is 5.97 Å². The maximum absolute atomic E-state index is 12.0. The lowest BCUT2D eigenvalue weighted by Crippen LogP contribution is -2.21. The number of aryl methyl sites for hydroxylation is 1. The van der Waals surface area contributed by atoms with Gasteiger partial charge in [0.1, 0.15) is 5.75 Å². The van der Waals surface area contributed by atoms with Crippen LogP contribution in [0.2, 0.25) is 0 Å². The van der Waals surface area contributed by atoms with E-state index in [1.54, 1.807) is 13.2 Å². The lowest BCUT2D eigenvalue weighted by molar-refractivity contribution is -0.147. The number of hydrogen-bond donors (Lipinski definition) is 1. The third-order valence-electron chi connectivity index (χ3n) is 4.71. The van der Waals surface area contributed by atoms with Crippen molar-refractivity contribution in [1.82, 2.24) is 0 Å². The summed E-state index contributed by atoms with van der Waals surface area (Å²) < 4.78 is 10.3. The third kappa shape index (κ3) is 6.77. The van der Waals surface area contributed by atoms with E-state index in [2.05, 4.69) is 5.32 Å². The molecule has 138 valence electrons. The van der Waals surface area contributed by atoms with Gasteiger partial charge < -0.3 is 14.8 Å². The molecule has 0 heterocycles. The van der Waals surface area contributed by atoms with Crippen LogP contribution in [0.1, 0.15) is 56.9 Å². The number of ether oxygens (including phenoxy) is 2. The Morgan fingerprint density at radius 1 is 1.20 bits per heavy atom. The lowest BCUT2D eigenvalue weighted by atomic mass is 9.86. The van der Waals surface area contributed by atoms with E-state index in [4.69, 9.17) is 9.47 Å². The van der Waals surface area contributed by atoms with E-state index in [-0.39, 0.29) is 18.5 Å². The average Bonchev–Trinajstić information content (AvgIpc) is 2.61. The highest BCUT2D eigenvalue weighted by Crippen LogP contribution is 2.28. The Kier molecular flexibility index (Phi) is 7.76. The van der Waals surface area contributed by atoms with Crippen molar-refractivity contribution in [2.24, 2.45) is 5.92 Å². The highest BCUT2D eigenvalue weighted by molar-refractivity contribution is 5.94. The molecule has 1 aromatic rings. The Morgan fingerprint density at radius 2 is 1.96 bits per heavy atom. The molecule has 1 aliphatic rings. The quantitative estimate of drug-likeness (QED) is 0.715. The van der Waals surface area contributed by atoms with Crippen molar-refractivity contribution in [3.05, 3.63) is 23.8 Å². The molecule has 0 bridgehead atoms. The van der Waals surface area contributed by atoms with Crippen LogP contribution in [-0.4, -0.2) is 25.6 Å². The van der Waals surface area contributed by atoms with E-state index in [0.29, 0.717) is 17.9 Å². The molecule has 0 spiro atoms. The molecule has 1 amide bonds. The summed E-state index contributed by atoms with van der Waals surface area (Å²) >= 11 is 0. The number of nitrogens with one attached hydrogen (secondary N) is 1. The van der Waals surface area contributed by atoms with E-state index in [1.165, 1.54) is 32.1 Å². The number of amides is 1. The van der Waals surface area contributed by atoms with Crippen molar-refractivity contribution < 1.29 is 19.1 Å². The van der Waals surface area contributed by atoms with Crippen molar-refractivity contribution in [3.8, 4) is 5.75 Å². The fraction of sp³-hybridized carbons (Fsp3) is 0.600. The first kappa shape index (κ1) is 19.3. The second-order valence-corrected chi connectivity index (χ2v) is 6.81. The fourth-order valence-electron chi connectivity index (χ4n) is 3.33. The Balaban J connectivity index is 1.67. The van der Waals surface area contributed by atoms with Crippen LogP contribution >= 0.6 is 0 Å². The maximum Gasteiger partial charge on any atom is 0.306 e. The molecule has 0 radical (unpaired) electrons. The van der Waals surface area contributed by atoms with Crippen LogP contribution in [0.25, 0.3) is 0 Å². The van der Waals surface area contributed by atoms with Gasteiger partial charge in [0.15, 0.2) is 6.61 Å². The van der Waals surface area contributed by atoms with Crippen molar-refractivity contribution in [1.29, 1.82) is 0 Å². The number of esters is 1. The van der Waals surface area contributed by atoms with Gasteiger partial charge in [-0.25, -0.2) is 0 Å². The van der Waals surface area contributed by atoms with E-state index in [0.717, 1.165) is 24.3 Å². The zero-order valence-corrected chi connectivity index (χ0v) is 15.3. The summed E-state index contributed by atoms with van der Waals surface area (Å²) in [6.45, 7) is 1.67. The zero-order valence-electron chi connectivity index (χ0n) is 15.3. The van der Waals surface area contributed by atoms with Gasteiger partial charge in [0.05, 0.1) is 12.8 Å². The van der Waals surface area contributed by atoms with Crippen LogP contribution in [0.5, 0.6) is 5.75 Å². The molecule has 1 N–H and O–H groups in total. The monoisotopic (exact) mass is 347 g/mol. The summed E-state index contributed by atoms with van der Waals surface area (Å²) in [7, 11) is 1.55. The molecule has 0 aromatic heterocycles. The Bertz CT molecular complexity index is 579. The highest BCUT2D eigenvalue weighted by Gasteiger charge is 2.15. The standard InChI is InChI=1S/C20H29NO4/c1-15-11-12-18(24-2)17(13-15)21-19(22)14-25-20(23)10-6-9-16-7-4-3-5-8-16/h11-13,16H,3-10,14H2,1-2H3,(H,21,22). The lowest BCUT2D eigenvalue weighted by Gasteiger charge is -2.20. The van der Waals surface area contributed by atoms with Gasteiger partial charge in [0, 0.05) is 6.42 Å². The number of carbonyl (C=O) groups is 2. The Morgan fingerprint density at radius 3 is 2.68 bits per heavy atom. The van der Waals surface area contributed by atoms with Gasteiger partial charge in [-0.2, -0.15) is 0 Å². The van der Waals surface area contributed by atoms with Crippen molar-refractivity contribution in [2.45, 2.75) is 58.3 Å². The third-order valence-corrected chi connectivity index (χ3v) is 4.71. The number of benzene rings is 1. The second kappa shape index (κ2) is 10.1.